The predicted octanol–water partition coefficient (Wildman–Crippen LogP) is 1.29. The van der Waals surface area contributed by atoms with E-state index in [1.54, 1.807) is 18.7 Å². The van der Waals surface area contributed by atoms with Gasteiger partial charge >= 0.3 is 6.18 Å². The van der Waals surface area contributed by atoms with Crippen LogP contribution in [0.2, 0.25) is 0 Å². The molecule has 2 rings (SSSR count). The Labute approximate surface area is 141 Å². The molecule has 1 aromatic rings. The van der Waals surface area contributed by atoms with Crippen molar-refractivity contribution in [2.75, 3.05) is 37.7 Å². The standard InChI is InChI=1S/C13H20F3N5O2S/c1-3-17-10(22)9(2)24-12-19-18-11(20-4-6-23-7-5-20)21(12)8-13(14,15)16/h9H,3-8H2,1-2H3,(H,17,22)/t9-/m0/s1. The lowest BCUT2D eigenvalue weighted by Crippen LogP contribution is -2.38. The smallest absolute Gasteiger partial charge is 0.378 e. The van der Waals surface area contributed by atoms with Crippen LogP contribution >= 0.6 is 11.8 Å². The van der Waals surface area contributed by atoms with E-state index in [1.165, 1.54) is 0 Å². The van der Waals surface area contributed by atoms with Gasteiger partial charge in [-0.1, -0.05) is 11.8 Å². The minimum Gasteiger partial charge on any atom is -0.378 e. The highest BCUT2D eigenvalue weighted by Crippen LogP contribution is 2.29. The number of morpholine rings is 1. The van der Waals surface area contributed by atoms with Crippen molar-refractivity contribution < 1.29 is 22.7 Å². The zero-order valence-electron chi connectivity index (χ0n) is 13.5. The van der Waals surface area contributed by atoms with Gasteiger partial charge in [0.15, 0.2) is 5.16 Å². The van der Waals surface area contributed by atoms with Crippen LogP contribution in [-0.2, 0) is 16.1 Å². The highest BCUT2D eigenvalue weighted by Gasteiger charge is 2.33. The molecule has 1 aliphatic rings. The molecule has 136 valence electrons. The zero-order chi connectivity index (χ0) is 17.7. The van der Waals surface area contributed by atoms with Crippen LogP contribution in [0.15, 0.2) is 5.16 Å². The number of thioether (sulfide) groups is 1. The number of hydrogen-bond acceptors (Lipinski definition) is 6. The molecule has 1 aromatic heterocycles. The summed E-state index contributed by atoms with van der Waals surface area (Å²) in [6.45, 7) is 4.41. The number of nitrogens with one attached hydrogen (secondary N) is 1. The van der Waals surface area contributed by atoms with E-state index in [4.69, 9.17) is 4.74 Å². The topological polar surface area (TPSA) is 72.3 Å². The summed E-state index contributed by atoms with van der Waals surface area (Å²) in [7, 11) is 0. The van der Waals surface area contributed by atoms with Gasteiger partial charge in [0.05, 0.1) is 18.5 Å². The summed E-state index contributed by atoms with van der Waals surface area (Å²) in [5.41, 5.74) is 0. The molecule has 1 aliphatic heterocycles. The Kier molecular flexibility index (Phi) is 6.33. The third kappa shape index (κ3) is 5.00. The normalized spacial score (nSPS) is 17.0. The Morgan fingerprint density at radius 1 is 1.38 bits per heavy atom. The third-order valence-corrected chi connectivity index (χ3v) is 4.41. The monoisotopic (exact) mass is 367 g/mol. The second-order valence-electron chi connectivity index (χ2n) is 5.24. The quantitative estimate of drug-likeness (QED) is 0.764. The number of rotatable bonds is 6. The number of amides is 1. The molecule has 7 nitrogen and oxygen atoms in total. The van der Waals surface area contributed by atoms with Gasteiger partial charge in [-0.15, -0.1) is 10.2 Å². The predicted molar refractivity (Wildman–Crippen MR) is 83.1 cm³/mol. The van der Waals surface area contributed by atoms with Crippen molar-refractivity contribution in [3.63, 3.8) is 0 Å². The lowest BCUT2D eigenvalue weighted by molar-refractivity contribution is -0.141. The Morgan fingerprint density at radius 3 is 2.62 bits per heavy atom. The van der Waals surface area contributed by atoms with Crippen LogP contribution in [0.5, 0.6) is 0 Å². The second-order valence-corrected chi connectivity index (χ2v) is 6.55. The number of hydrogen-bond donors (Lipinski definition) is 1. The summed E-state index contributed by atoms with van der Waals surface area (Å²) in [6.07, 6.45) is -4.41. The fourth-order valence-electron chi connectivity index (χ4n) is 2.21. The first-order valence-electron chi connectivity index (χ1n) is 7.59. The van der Waals surface area contributed by atoms with E-state index in [0.717, 1.165) is 16.3 Å². The van der Waals surface area contributed by atoms with Gasteiger partial charge in [0.2, 0.25) is 11.9 Å². The third-order valence-electron chi connectivity index (χ3n) is 3.33. The van der Waals surface area contributed by atoms with Gasteiger partial charge < -0.3 is 15.0 Å². The highest BCUT2D eigenvalue weighted by atomic mass is 32.2. The maximum Gasteiger partial charge on any atom is 0.406 e. The lowest BCUT2D eigenvalue weighted by Gasteiger charge is -2.28. The fourth-order valence-corrected chi connectivity index (χ4v) is 3.08. The first-order chi connectivity index (χ1) is 11.3. The molecule has 1 N–H and O–H groups in total. The average Bonchev–Trinajstić information content (AvgIpc) is 2.89. The number of carbonyl (C=O) groups excluding carboxylic acids is 1. The SMILES string of the molecule is CCNC(=O)[C@H](C)Sc1nnc(N2CCOCC2)n1CC(F)(F)F. The lowest BCUT2D eigenvalue weighted by atomic mass is 10.4. The Balaban J connectivity index is 2.23. The molecule has 1 fully saturated rings. The van der Waals surface area contributed by atoms with E-state index >= 15 is 0 Å². The van der Waals surface area contributed by atoms with E-state index in [2.05, 4.69) is 15.5 Å². The molecule has 11 heteroatoms. The number of nitrogens with zero attached hydrogens (tertiary/aromatic N) is 4. The number of carbonyl (C=O) groups is 1. The number of aromatic nitrogens is 3. The Bertz CT molecular complexity index is 560. The van der Waals surface area contributed by atoms with Crippen molar-refractivity contribution in [2.24, 2.45) is 0 Å². The molecule has 2 heterocycles. The van der Waals surface area contributed by atoms with Crippen molar-refractivity contribution >= 4 is 23.6 Å². The molecule has 1 amide bonds. The number of alkyl halides is 3. The maximum absolute atomic E-state index is 13.0. The summed E-state index contributed by atoms with van der Waals surface area (Å²) in [5.74, 6) is -0.0989. The minimum atomic E-state index is -4.41. The molecule has 0 saturated carbocycles. The van der Waals surface area contributed by atoms with Crippen molar-refractivity contribution in [3.8, 4) is 0 Å². The van der Waals surface area contributed by atoms with Gasteiger partial charge in [-0.3, -0.25) is 9.36 Å². The maximum atomic E-state index is 13.0. The van der Waals surface area contributed by atoms with Gasteiger partial charge in [0.1, 0.15) is 6.54 Å². The van der Waals surface area contributed by atoms with Crippen LogP contribution in [0, 0.1) is 0 Å². The molecule has 0 bridgehead atoms. The number of ether oxygens (including phenoxy) is 1. The van der Waals surface area contributed by atoms with Gasteiger partial charge in [0.25, 0.3) is 0 Å². The molecule has 1 saturated heterocycles. The van der Waals surface area contributed by atoms with E-state index < -0.39 is 18.0 Å². The van der Waals surface area contributed by atoms with Crippen LogP contribution in [0.4, 0.5) is 19.1 Å². The summed E-state index contributed by atoms with van der Waals surface area (Å²) in [5, 5.41) is 9.93. The van der Waals surface area contributed by atoms with E-state index in [-0.39, 0.29) is 17.0 Å². The highest BCUT2D eigenvalue weighted by molar-refractivity contribution is 8.00. The van der Waals surface area contributed by atoms with Crippen LogP contribution in [0.25, 0.3) is 0 Å². The van der Waals surface area contributed by atoms with E-state index in [9.17, 15) is 18.0 Å². The molecule has 0 aromatic carbocycles. The molecule has 24 heavy (non-hydrogen) atoms. The summed E-state index contributed by atoms with van der Waals surface area (Å²) < 4.78 is 45.1. The second kappa shape index (κ2) is 8.06. The van der Waals surface area contributed by atoms with Gasteiger partial charge in [-0.25, -0.2) is 0 Å². The summed E-state index contributed by atoms with van der Waals surface area (Å²) >= 11 is 0.963. The Hall–Kier alpha value is -1.49. The van der Waals surface area contributed by atoms with Crippen molar-refractivity contribution in [3.05, 3.63) is 0 Å². The molecular formula is C13H20F3N5O2S. The minimum absolute atomic E-state index is 0.0765. The molecule has 0 aliphatic carbocycles. The Morgan fingerprint density at radius 2 is 2.04 bits per heavy atom. The summed E-state index contributed by atoms with van der Waals surface area (Å²) in [4.78, 5) is 13.5. The molecular weight excluding hydrogens is 347 g/mol. The molecule has 0 radical (unpaired) electrons. The average molecular weight is 367 g/mol. The van der Waals surface area contributed by atoms with Gasteiger partial charge in [-0.2, -0.15) is 13.2 Å². The molecule has 0 spiro atoms. The zero-order valence-corrected chi connectivity index (χ0v) is 14.3. The van der Waals surface area contributed by atoms with E-state index in [0.29, 0.717) is 32.8 Å². The molecule has 1 atom stereocenters. The van der Waals surface area contributed by atoms with Crippen LogP contribution in [0.3, 0.4) is 0 Å². The summed E-state index contributed by atoms with van der Waals surface area (Å²) in [6, 6.07) is 0. The number of halogens is 3. The fraction of sp³-hybridized carbons (Fsp3) is 0.769. The largest absolute Gasteiger partial charge is 0.406 e. The van der Waals surface area contributed by atoms with Crippen molar-refractivity contribution in [1.29, 1.82) is 0 Å². The van der Waals surface area contributed by atoms with E-state index in [1.807, 2.05) is 0 Å². The van der Waals surface area contributed by atoms with Crippen molar-refractivity contribution in [2.45, 2.75) is 37.0 Å². The van der Waals surface area contributed by atoms with Crippen LogP contribution in [-0.4, -0.2) is 64.9 Å². The van der Waals surface area contributed by atoms with Gasteiger partial charge in [0, 0.05) is 19.6 Å². The van der Waals surface area contributed by atoms with Crippen LogP contribution in [0.1, 0.15) is 13.8 Å². The first kappa shape index (κ1) is 18.8. The van der Waals surface area contributed by atoms with Crippen LogP contribution < -0.4 is 10.2 Å². The van der Waals surface area contributed by atoms with Crippen molar-refractivity contribution in [1.82, 2.24) is 20.1 Å². The van der Waals surface area contributed by atoms with Gasteiger partial charge in [-0.05, 0) is 13.8 Å². The first-order valence-corrected chi connectivity index (χ1v) is 8.46. The molecule has 0 unspecified atom stereocenters. The number of anilines is 1.